The molecule has 21 heavy (non-hydrogen) atoms. The van der Waals surface area contributed by atoms with Gasteiger partial charge in [-0.2, -0.15) is 0 Å². The summed E-state index contributed by atoms with van der Waals surface area (Å²) >= 11 is 2.15. The van der Waals surface area contributed by atoms with Crippen LogP contribution in [0.25, 0.3) is 0 Å². The standard InChI is InChI=1S/C15H12F2INO2/c1-8-7-9(18)3-6-12(8)19-14-10(15(20)21-2)4-5-11(16)13(14)17/h3-7,19H,1-2H3. The zero-order valence-electron chi connectivity index (χ0n) is 11.3. The second kappa shape index (κ2) is 6.38. The summed E-state index contributed by atoms with van der Waals surface area (Å²) in [6, 6.07) is 7.54. The quantitative estimate of drug-likeness (QED) is 0.610. The van der Waals surface area contributed by atoms with Crippen LogP contribution in [0.3, 0.4) is 0 Å². The van der Waals surface area contributed by atoms with E-state index in [0.717, 1.165) is 15.2 Å². The largest absolute Gasteiger partial charge is 0.465 e. The Morgan fingerprint density at radius 3 is 2.57 bits per heavy atom. The van der Waals surface area contributed by atoms with Crippen LogP contribution in [0.4, 0.5) is 20.2 Å². The first-order chi connectivity index (χ1) is 9.93. The van der Waals surface area contributed by atoms with Crippen LogP contribution < -0.4 is 5.32 Å². The molecular formula is C15H12F2INO2. The molecule has 0 heterocycles. The van der Waals surface area contributed by atoms with E-state index in [2.05, 4.69) is 32.6 Å². The SMILES string of the molecule is COC(=O)c1ccc(F)c(F)c1Nc1ccc(I)cc1C. The average molecular weight is 403 g/mol. The van der Waals surface area contributed by atoms with E-state index in [-0.39, 0.29) is 11.3 Å². The minimum absolute atomic E-state index is 0.0608. The van der Waals surface area contributed by atoms with Crippen molar-refractivity contribution in [2.75, 3.05) is 12.4 Å². The van der Waals surface area contributed by atoms with Crippen molar-refractivity contribution in [3.63, 3.8) is 0 Å². The summed E-state index contributed by atoms with van der Waals surface area (Å²) in [5.74, 6) is -2.89. The Hall–Kier alpha value is -1.70. The fraction of sp³-hybridized carbons (Fsp3) is 0.133. The van der Waals surface area contributed by atoms with Crippen LogP contribution in [-0.4, -0.2) is 13.1 Å². The van der Waals surface area contributed by atoms with Crippen molar-refractivity contribution >= 4 is 39.9 Å². The lowest BCUT2D eigenvalue weighted by Crippen LogP contribution is -2.09. The molecule has 0 unspecified atom stereocenters. The molecule has 6 heteroatoms. The number of carbonyl (C=O) groups excluding carboxylic acids is 1. The lowest BCUT2D eigenvalue weighted by Gasteiger charge is -2.14. The van der Waals surface area contributed by atoms with Gasteiger partial charge in [-0.05, 0) is 65.4 Å². The maximum atomic E-state index is 14.0. The first-order valence-electron chi connectivity index (χ1n) is 6.03. The Morgan fingerprint density at radius 2 is 1.95 bits per heavy atom. The van der Waals surface area contributed by atoms with E-state index in [1.807, 2.05) is 19.1 Å². The molecule has 0 fully saturated rings. The van der Waals surface area contributed by atoms with E-state index < -0.39 is 17.6 Å². The van der Waals surface area contributed by atoms with Crippen molar-refractivity contribution in [3.05, 3.63) is 56.7 Å². The van der Waals surface area contributed by atoms with Gasteiger partial charge >= 0.3 is 5.97 Å². The molecule has 110 valence electrons. The molecule has 3 nitrogen and oxygen atoms in total. The van der Waals surface area contributed by atoms with Gasteiger partial charge in [0.05, 0.1) is 18.4 Å². The van der Waals surface area contributed by atoms with Gasteiger partial charge < -0.3 is 10.1 Å². The Labute approximate surface area is 134 Å². The molecule has 0 aliphatic rings. The molecule has 0 radical (unpaired) electrons. The number of ether oxygens (including phenoxy) is 1. The van der Waals surface area contributed by atoms with Crippen molar-refractivity contribution < 1.29 is 18.3 Å². The van der Waals surface area contributed by atoms with Crippen LogP contribution in [-0.2, 0) is 4.74 Å². The summed E-state index contributed by atoms with van der Waals surface area (Å²) in [5, 5.41) is 2.77. The van der Waals surface area contributed by atoms with Crippen molar-refractivity contribution in [2.24, 2.45) is 0 Å². The number of nitrogens with one attached hydrogen (secondary N) is 1. The molecule has 0 spiro atoms. The third kappa shape index (κ3) is 3.31. The van der Waals surface area contributed by atoms with Crippen LogP contribution in [0.5, 0.6) is 0 Å². The normalized spacial score (nSPS) is 10.3. The van der Waals surface area contributed by atoms with E-state index >= 15 is 0 Å². The number of hydrogen-bond acceptors (Lipinski definition) is 3. The van der Waals surface area contributed by atoms with Crippen LogP contribution >= 0.6 is 22.6 Å². The highest BCUT2D eigenvalue weighted by Crippen LogP contribution is 2.29. The summed E-state index contributed by atoms with van der Waals surface area (Å²) in [6.45, 7) is 1.83. The molecule has 0 aromatic heterocycles. The third-order valence-electron chi connectivity index (χ3n) is 2.95. The van der Waals surface area contributed by atoms with Gasteiger partial charge in [-0.1, -0.05) is 0 Å². The molecule has 0 saturated heterocycles. The highest BCUT2D eigenvalue weighted by atomic mass is 127. The first kappa shape index (κ1) is 15.7. The molecule has 2 aromatic carbocycles. The Kier molecular flexibility index (Phi) is 4.76. The van der Waals surface area contributed by atoms with Crippen molar-refractivity contribution in [1.82, 2.24) is 0 Å². The van der Waals surface area contributed by atoms with Gasteiger partial charge in [0.1, 0.15) is 0 Å². The fourth-order valence-electron chi connectivity index (χ4n) is 1.85. The van der Waals surface area contributed by atoms with E-state index in [1.165, 1.54) is 13.2 Å². The first-order valence-corrected chi connectivity index (χ1v) is 7.11. The molecule has 0 saturated carbocycles. The fourth-order valence-corrected chi connectivity index (χ4v) is 2.50. The Morgan fingerprint density at radius 1 is 1.24 bits per heavy atom. The highest BCUT2D eigenvalue weighted by molar-refractivity contribution is 14.1. The van der Waals surface area contributed by atoms with E-state index in [1.54, 1.807) is 6.07 Å². The summed E-state index contributed by atoms with van der Waals surface area (Å²) in [5.41, 5.74) is 1.15. The molecule has 0 bridgehead atoms. The predicted molar refractivity (Wildman–Crippen MR) is 84.9 cm³/mol. The molecule has 0 aliphatic carbocycles. The van der Waals surface area contributed by atoms with Crippen molar-refractivity contribution in [1.29, 1.82) is 0 Å². The van der Waals surface area contributed by atoms with Crippen molar-refractivity contribution in [2.45, 2.75) is 6.92 Å². The zero-order chi connectivity index (χ0) is 15.6. The van der Waals surface area contributed by atoms with Crippen LogP contribution in [0, 0.1) is 22.1 Å². The number of aryl methyl sites for hydroxylation is 1. The topological polar surface area (TPSA) is 38.3 Å². The number of esters is 1. The average Bonchev–Trinajstić information content (AvgIpc) is 2.45. The number of rotatable bonds is 3. The number of halogens is 3. The van der Waals surface area contributed by atoms with Gasteiger partial charge in [0.25, 0.3) is 0 Å². The Balaban J connectivity index is 2.51. The Bertz CT molecular complexity index is 704. The maximum absolute atomic E-state index is 14.0. The monoisotopic (exact) mass is 403 g/mol. The molecule has 1 N–H and O–H groups in total. The van der Waals surface area contributed by atoms with Gasteiger partial charge in [0.15, 0.2) is 11.6 Å². The zero-order valence-corrected chi connectivity index (χ0v) is 13.5. The summed E-state index contributed by atoms with van der Waals surface area (Å²) in [4.78, 5) is 11.7. The second-order valence-corrected chi connectivity index (χ2v) is 5.61. The van der Waals surface area contributed by atoms with E-state index in [4.69, 9.17) is 0 Å². The molecule has 2 aromatic rings. The minimum atomic E-state index is -1.11. The highest BCUT2D eigenvalue weighted by Gasteiger charge is 2.19. The number of anilines is 2. The third-order valence-corrected chi connectivity index (χ3v) is 3.62. The summed E-state index contributed by atoms with van der Waals surface area (Å²) in [6.07, 6.45) is 0. The molecule has 0 atom stereocenters. The predicted octanol–water partition coefficient (Wildman–Crippen LogP) is 4.41. The van der Waals surface area contributed by atoms with Gasteiger partial charge in [-0.25, -0.2) is 13.6 Å². The minimum Gasteiger partial charge on any atom is -0.465 e. The van der Waals surface area contributed by atoms with Crippen LogP contribution in [0.15, 0.2) is 30.3 Å². The van der Waals surface area contributed by atoms with Crippen molar-refractivity contribution in [3.8, 4) is 0 Å². The van der Waals surface area contributed by atoms with Crippen LogP contribution in [0.1, 0.15) is 15.9 Å². The lowest BCUT2D eigenvalue weighted by molar-refractivity contribution is 0.0601. The van der Waals surface area contributed by atoms with Gasteiger partial charge in [0, 0.05) is 9.26 Å². The van der Waals surface area contributed by atoms with E-state index in [0.29, 0.717) is 5.69 Å². The number of benzene rings is 2. The molecule has 0 aliphatic heterocycles. The maximum Gasteiger partial charge on any atom is 0.340 e. The summed E-state index contributed by atoms with van der Waals surface area (Å²) in [7, 11) is 1.18. The number of methoxy groups -OCH3 is 1. The number of carbonyl (C=O) groups is 1. The van der Waals surface area contributed by atoms with Gasteiger partial charge in [-0.15, -0.1) is 0 Å². The van der Waals surface area contributed by atoms with Gasteiger partial charge in [-0.3, -0.25) is 0 Å². The van der Waals surface area contributed by atoms with E-state index in [9.17, 15) is 13.6 Å². The van der Waals surface area contributed by atoms with Gasteiger partial charge in [0.2, 0.25) is 0 Å². The molecule has 0 amide bonds. The summed E-state index contributed by atoms with van der Waals surface area (Å²) < 4.78 is 33.0. The number of hydrogen-bond donors (Lipinski definition) is 1. The molecule has 2 rings (SSSR count). The smallest absolute Gasteiger partial charge is 0.340 e. The lowest BCUT2D eigenvalue weighted by atomic mass is 10.1. The second-order valence-electron chi connectivity index (χ2n) is 4.36. The van der Waals surface area contributed by atoms with Crippen LogP contribution in [0.2, 0.25) is 0 Å². The molecular weight excluding hydrogens is 391 g/mol.